The zero-order valence-electron chi connectivity index (χ0n) is 12.5. The van der Waals surface area contributed by atoms with Crippen molar-refractivity contribution in [2.75, 3.05) is 6.54 Å². The van der Waals surface area contributed by atoms with Gasteiger partial charge in [-0.25, -0.2) is 0 Å². The number of H-pyrrole nitrogens is 1. The third-order valence-corrected chi connectivity index (χ3v) is 4.08. The van der Waals surface area contributed by atoms with Crippen molar-refractivity contribution in [3.05, 3.63) is 35.4 Å². The quantitative estimate of drug-likeness (QED) is 0.938. The molecule has 1 unspecified atom stereocenters. The van der Waals surface area contributed by atoms with Crippen molar-refractivity contribution in [3.63, 3.8) is 0 Å². The molecular weight excluding hydrogens is 266 g/mol. The van der Waals surface area contributed by atoms with Gasteiger partial charge in [0.05, 0.1) is 24.1 Å². The number of hydrogen-bond donors (Lipinski definition) is 1. The molecule has 0 spiro atoms. The molecule has 1 aliphatic heterocycles. The number of aryl methyl sites for hydroxylation is 2. The van der Waals surface area contributed by atoms with E-state index in [0.29, 0.717) is 6.54 Å². The lowest BCUT2D eigenvalue weighted by atomic mass is 9.97. The highest BCUT2D eigenvalue weighted by atomic mass is 16.2. The van der Waals surface area contributed by atoms with Crippen LogP contribution >= 0.6 is 0 Å². The second kappa shape index (κ2) is 5.71. The number of nitrogens with zero attached hydrogens (tertiary/aromatic N) is 4. The van der Waals surface area contributed by atoms with Crippen LogP contribution in [0.1, 0.15) is 42.1 Å². The van der Waals surface area contributed by atoms with E-state index in [-0.39, 0.29) is 11.9 Å². The van der Waals surface area contributed by atoms with E-state index in [1.165, 1.54) is 0 Å². The Kier molecular flexibility index (Phi) is 3.77. The molecule has 1 N–H and O–H groups in total. The summed E-state index contributed by atoms with van der Waals surface area (Å²) in [6, 6.07) is 0.116. The molecule has 1 amide bonds. The second-order valence-corrected chi connectivity index (χ2v) is 5.78. The highest BCUT2D eigenvalue weighted by Crippen LogP contribution is 2.31. The van der Waals surface area contributed by atoms with E-state index >= 15 is 0 Å². The maximum atomic E-state index is 12.6. The second-order valence-electron chi connectivity index (χ2n) is 5.78. The van der Waals surface area contributed by atoms with Gasteiger partial charge in [0.15, 0.2) is 0 Å². The molecule has 3 rings (SSSR count). The monoisotopic (exact) mass is 287 g/mol. The molecule has 1 fully saturated rings. The molecule has 1 atom stereocenters. The minimum Gasteiger partial charge on any atom is -0.332 e. The smallest absolute Gasteiger partial charge is 0.244 e. The van der Waals surface area contributed by atoms with E-state index in [2.05, 4.69) is 15.3 Å². The zero-order chi connectivity index (χ0) is 14.8. The summed E-state index contributed by atoms with van der Waals surface area (Å²) in [7, 11) is 0. The molecule has 3 heterocycles. The first-order valence-corrected chi connectivity index (χ1v) is 7.43. The number of rotatable bonds is 3. The van der Waals surface area contributed by atoms with E-state index < -0.39 is 0 Å². The largest absolute Gasteiger partial charge is 0.332 e. The van der Waals surface area contributed by atoms with Crippen LogP contribution in [-0.2, 0) is 11.3 Å². The Morgan fingerprint density at radius 3 is 2.90 bits per heavy atom. The van der Waals surface area contributed by atoms with Gasteiger partial charge in [0.25, 0.3) is 0 Å². The van der Waals surface area contributed by atoms with Crippen LogP contribution < -0.4 is 0 Å². The molecule has 0 saturated carbocycles. The lowest BCUT2D eigenvalue weighted by molar-refractivity contribution is -0.136. The third-order valence-electron chi connectivity index (χ3n) is 4.08. The van der Waals surface area contributed by atoms with Crippen LogP contribution in [0.2, 0.25) is 0 Å². The molecule has 21 heavy (non-hydrogen) atoms. The Bertz CT molecular complexity index is 630. The van der Waals surface area contributed by atoms with Crippen molar-refractivity contribution >= 4 is 5.91 Å². The van der Waals surface area contributed by atoms with Crippen molar-refractivity contribution in [3.8, 4) is 0 Å². The fourth-order valence-corrected chi connectivity index (χ4v) is 3.01. The molecule has 1 aliphatic rings. The third kappa shape index (κ3) is 2.84. The fraction of sp³-hybridized carbons (Fsp3) is 0.533. The van der Waals surface area contributed by atoms with Crippen molar-refractivity contribution < 1.29 is 4.79 Å². The average Bonchev–Trinajstić information content (AvgIpc) is 3.07. The number of hydrogen-bond acceptors (Lipinski definition) is 3. The van der Waals surface area contributed by atoms with Gasteiger partial charge in [0.1, 0.15) is 6.54 Å². The summed E-state index contributed by atoms with van der Waals surface area (Å²) in [6.45, 7) is 5.12. The molecule has 0 bridgehead atoms. The number of amides is 1. The van der Waals surface area contributed by atoms with Gasteiger partial charge in [-0.1, -0.05) is 0 Å². The minimum absolute atomic E-state index is 0.116. The van der Waals surface area contributed by atoms with Crippen LogP contribution in [0.3, 0.4) is 0 Å². The zero-order valence-corrected chi connectivity index (χ0v) is 12.5. The first kappa shape index (κ1) is 13.9. The summed E-state index contributed by atoms with van der Waals surface area (Å²) >= 11 is 0. The summed E-state index contributed by atoms with van der Waals surface area (Å²) in [4.78, 5) is 14.6. The average molecular weight is 287 g/mol. The molecule has 6 heteroatoms. The summed E-state index contributed by atoms with van der Waals surface area (Å²) < 4.78 is 1.71. The predicted molar refractivity (Wildman–Crippen MR) is 78.6 cm³/mol. The maximum absolute atomic E-state index is 12.6. The Balaban J connectivity index is 1.77. The normalized spacial score (nSPS) is 19.0. The van der Waals surface area contributed by atoms with Gasteiger partial charge in [-0.2, -0.15) is 10.2 Å². The van der Waals surface area contributed by atoms with Crippen LogP contribution in [0.25, 0.3) is 0 Å². The van der Waals surface area contributed by atoms with E-state index in [1.807, 2.05) is 31.1 Å². The molecule has 2 aromatic rings. The van der Waals surface area contributed by atoms with E-state index in [4.69, 9.17) is 0 Å². The molecule has 0 radical (unpaired) electrons. The standard InChI is InChI=1S/C15H21N5O/c1-11-7-17-19(9-11)10-14(21)20-6-4-3-5-13(20)15-12(2)8-16-18-15/h7-9,13H,3-6,10H2,1-2H3,(H,16,18). The lowest BCUT2D eigenvalue weighted by Crippen LogP contribution is -2.40. The highest BCUT2D eigenvalue weighted by molar-refractivity contribution is 5.76. The first-order chi connectivity index (χ1) is 10.1. The topological polar surface area (TPSA) is 66.8 Å². The van der Waals surface area contributed by atoms with Gasteiger partial charge in [0.2, 0.25) is 5.91 Å². The molecule has 0 aliphatic carbocycles. The predicted octanol–water partition coefficient (Wildman–Crippen LogP) is 1.98. The Morgan fingerprint density at radius 2 is 2.24 bits per heavy atom. The number of carbonyl (C=O) groups is 1. The number of nitrogens with one attached hydrogen (secondary N) is 1. The van der Waals surface area contributed by atoms with Crippen molar-refractivity contribution in [1.82, 2.24) is 24.9 Å². The van der Waals surface area contributed by atoms with Gasteiger partial charge < -0.3 is 4.90 Å². The van der Waals surface area contributed by atoms with Gasteiger partial charge >= 0.3 is 0 Å². The van der Waals surface area contributed by atoms with E-state index in [9.17, 15) is 4.79 Å². The van der Waals surface area contributed by atoms with E-state index in [0.717, 1.165) is 42.6 Å². The number of carbonyl (C=O) groups excluding carboxylic acids is 1. The number of piperidine rings is 1. The maximum Gasteiger partial charge on any atom is 0.244 e. The van der Waals surface area contributed by atoms with Crippen LogP contribution in [-0.4, -0.2) is 37.3 Å². The van der Waals surface area contributed by atoms with Crippen LogP contribution in [0.4, 0.5) is 0 Å². The molecule has 2 aromatic heterocycles. The van der Waals surface area contributed by atoms with Gasteiger partial charge in [-0.15, -0.1) is 0 Å². The van der Waals surface area contributed by atoms with Crippen molar-refractivity contribution in [2.24, 2.45) is 0 Å². The van der Waals surface area contributed by atoms with Crippen molar-refractivity contribution in [1.29, 1.82) is 0 Å². The summed E-state index contributed by atoms with van der Waals surface area (Å²) in [5.41, 5.74) is 3.26. The van der Waals surface area contributed by atoms with E-state index in [1.54, 1.807) is 10.9 Å². The summed E-state index contributed by atoms with van der Waals surface area (Å²) in [5, 5.41) is 11.4. The highest BCUT2D eigenvalue weighted by Gasteiger charge is 2.30. The number of aromatic amines is 1. The molecule has 6 nitrogen and oxygen atoms in total. The number of aromatic nitrogens is 4. The lowest BCUT2D eigenvalue weighted by Gasteiger charge is -2.35. The minimum atomic E-state index is 0.116. The summed E-state index contributed by atoms with van der Waals surface area (Å²) in [6.07, 6.45) is 8.70. The van der Waals surface area contributed by atoms with Crippen LogP contribution in [0.15, 0.2) is 18.6 Å². The Hall–Kier alpha value is -2.11. The van der Waals surface area contributed by atoms with Crippen LogP contribution in [0.5, 0.6) is 0 Å². The van der Waals surface area contributed by atoms with Crippen LogP contribution in [0, 0.1) is 13.8 Å². The molecular formula is C15H21N5O. The van der Waals surface area contributed by atoms with Gasteiger partial charge in [-0.05, 0) is 44.2 Å². The SMILES string of the molecule is Cc1cnn(CC(=O)N2CCCCC2c2[nH]ncc2C)c1. The van der Waals surface area contributed by atoms with Gasteiger partial charge in [0, 0.05) is 12.7 Å². The van der Waals surface area contributed by atoms with Gasteiger partial charge in [-0.3, -0.25) is 14.6 Å². The molecule has 0 aromatic carbocycles. The fourth-order valence-electron chi connectivity index (χ4n) is 3.01. The Morgan fingerprint density at radius 1 is 1.38 bits per heavy atom. The molecule has 1 saturated heterocycles. The molecule has 112 valence electrons. The summed E-state index contributed by atoms with van der Waals surface area (Å²) in [5.74, 6) is 0.122. The number of likely N-dealkylation sites (tertiary alicyclic amines) is 1. The van der Waals surface area contributed by atoms with Crippen molar-refractivity contribution in [2.45, 2.75) is 45.7 Å². The Labute approximate surface area is 124 Å². The first-order valence-electron chi connectivity index (χ1n) is 7.43.